The summed E-state index contributed by atoms with van der Waals surface area (Å²) in [6, 6.07) is 14.2. The maximum atomic E-state index is 4.40. The molecule has 0 radical (unpaired) electrons. The number of nitrogens with zero attached hydrogens (tertiary/aromatic N) is 2. The number of aromatic nitrogens is 2. The molecule has 3 aromatic rings. The normalized spacial score (nSPS) is 10.5. The van der Waals surface area contributed by atoms with Crippen molar-refractivity contribution in [3.05, 3.63) is 54.9 Å². The highest BCUT2D eigenvalue weighted by atomic mass is 14.8. The first-order valence-electron chi connectivity index (χ1n) is 5.86. The Morgan fingerprint density at radius 1 is 0.944 bits per heavy atom. The van der Waals surface area contributed by atoms with E-state index in [4.69, 9.17) is 0 Å². The van der Waals surface area contributed by atoms with Gasteiger partial charge in [0.15, 0.2) is 0 Å². The summed E-state index contributed by atoms with van der Waals surface area (Å²) in [6.07, 6.45) is 3.62. The first kappa shape index (κ1) is 10.7. The monoisotopic (exact) mass is 235 g/mol. The van der Waals surface area contributed by atoms with Gasteiger partial charge in [-0.15, -0.1) is 0 Å². The lowest BCUT2D eigenvalue weighted by Gasteiger charge is -2.05. The Morgan fingerprint density at radius 2 is 1.89 bits per heavy atom. The van der Waals surface area contributed by atoms with E-state index in [2.05, 4.69) is 39.6 Å². The number of hydrogen-bond donors (Lipinski definition) is 1. The topological polar surface area (TPSA) is 37.8 Å². The fourth-order valence-corrected chi connectivity index (χ4v) is 1.97. The van der Waals surface area contributed by atoms with Gasteiger partial charge in [0.25, 0.3) is 0 Å². The third kappa shape index (κ3) is 1.91. The smallest absolute Gasteiger partial charge is 0.0723 e. The van der Waals surface area contributed by atoms with Crippen molar-refractivity contribution < 1.29 is 0 Å². The van der Waals surface area contributed by atoms with Crippen LogP contribution >= 0.6 is 0 Å². The van der Waals surface area contributed by atoms with Crippen molar-refractivity contribution in [2.75, 3.05) is 12.4 Å². The standard InChI is InChI=1S/C15H13N3/c1-16-13-6-8-18-15(10-13)12-5-4-11-3-2-7-17-14(11)9-12/h2-10H,1H3,(H,16,18). The molecule has 0 aliphatic carbocycles. The van der Waals surface area contributed by atoms with Crippen molar-refractivity contribution in [2.24, 2.45) is 0 Å². The Hall–Kier alpha value is -2.42. The molecule has 3 nitrogen and oxygen atoms in total. The molecule has 0 saturated heterocycles. The average molecular weight is 235 g/mol. The molecule has 0 saturated carbocycles. The van der Waals surface area contributed by atoms with Crippen LogP contribution in [0.1, 0.15) is 0 Å². The van der Waals surface area contributed by atoms with E-state index in [1.807, 2.05) is 37.6 Å². The molecule has 18 heavy (non-hydrogen) atoms. The summed E-state index contributed by atoms with van der Waals surface area (Å²) in [5, 5.41) is 4.26. The van der Waals surface area contributed by atoms with Crippen LogP contribution in [0, 0.1) is 0 Å². The quantitative estimate of drug-likeness (QED) is 0.740. The summed E-state index contributed by atoms with van der Waals surface area (Å²) in [5.41, 5.74) is 4.08. The second-order valence-electron chi connectivity index (χ2n) is 4.09. The van der Waals surface area contributed by atoms with E-state index in [0.29, 0.717) is 0 Å². The fourth-order valence-electron chi connectivity index (χ4n) is 1.97. The van der Waals surface area contributed by atoms with Gasteiger partial charge in [-0.2, -0.15) is 0 Å². The lowest BCUT2D eigenvalue weighted by atomic mass is 10.1. The third-order valence-electron chi connectivity index (χ3n) is 2.95. The third-order valence-corrected chi connectivity index (χ3v) is 2.95. The zero-order valence-electron chi connectivity index (χ0n) is 10.1. The van der Waals surface area contributed by atoms with Crippen molar-refractivity contribution in [3.63, 3.8) is 0 Å². The van der Waals surface area contributed by atoms with Crippen molar-refractivity contribution in [3.8, 4) is 11.3 Å². The van der Waals surface area contributed by atoms with Gasteiger partial charge in [0.05, 0.1) is 11.2 Å². The van der Waals surface area contributed by atoms with Gasteiger partial charge in [0, 0.05) is 36.1 Å². The van der Waals surface area contributed by atoms with Gasteiger partial charge in [-0.1, -0.05) is 18.2 Å². The van der Waals surface area contributed by atoms with Crippen LogP contribution in [0.5, 0.6) is 0 Å². The van der Waals surface area contributed by atoms with Gasteiger partial charge in [0.1, 0.15) is 0 Å². The van der Waals surface area contributed by atoms with Gasteiger partial charge < -0.3 is 5.32 Å². The zero-order valence-corrected chi connectivity index (χ0v) is 10.1. The number of rotatable bonds is 2. The molecule has 0 atom stereocenters. The number of nitrogens with one attached hydrogen (secondary N) is 1. The molecule has 3 rings (SSSR count). The summed E-state index contributed by atoms with van der Waals surface area (Å²) in [4.78, 5) is 8.76. The Bertz CT molecular complexity index is 692. The summed E-state index contributed by atoms with van der Waals surface area (Å²) in [7, 11) is 1.90. The summed E-state index contributed by atoms with van der Waals surface area (Å²) in [6.45, 7) is 0. The van der Waals surface area contributed by atoms with Gasteiger partial charge >= 0.3 is 0 Å². The molecule has 1 N–H and O–H groups in total. The van der Waals surface area contributed by atoms with Crippen molar-refractivity contribution >= 4 is 16.6 Å². The predicted molar refractivity (Wildman–Crippen MR) is 74.5 cm³/mol. The first-order valence-corrected chi connectivity index (χ1v) is 5.86. The summed E-state index contributed by atoms with van der Waals surface area (Å²) >= 11 is 0. The highest BCUT2D eigenvalue weighted by molar-refractivity contribution is 5.83. The SMILES string of the molecule is CNc1ccnc(-c2ccc3cccnc3c2)c1. The molecule has 2 heterocycles. The molecule has 0 fully saturated rings. The van der Waals surface area contributed by atoms with E-state index in [9.17, 15) is 0 Å². The molecule has 0 amide bonds. The minimum atomic E-state index is 0.953. The number of pyridine rings is 2. The largest absolute Gasteiger partial charge is 0.388 e. The van der Waals surface area contributed by atoms with Crippen LogP contribution < -0.4 is 5.32 Å². The molecule has 0 aliphatic rings. The van der Waals surface area contributed by atoms with E-state index >= 15 is 0 Å². The molecule has 3 heteroatoms. The van der Waals surface area contributed by atoms with Gasteiger partial charge in [-0.05, 0) is 24.3 Å². The van der Waals surface area contributed by atoms with Crippen molar-refractivity contribution in [2.45, 2.75) is 0 Å². The Labute approximate surface area is 106 Å². The maximum absolute atomic E-state index is 4.40. The number of benzene rings is 1. The zero-order chi connectivity index (χ0) is 12.4. The molecule has 2 aromatic heterocycles. The molecule has 88 valence electrons. The van der Waals surface area contributed by atoms with Crippen molar-refractivity contribution in [1.29, 1.82) is 0 Å². The van der Waals surface area contributed by atoms with Crippen LogP contribution in [0.15, 0.2) is 54.9 Å². The summed E-state index contributed by atoms with van der Waals surface area (Å²) in [5.74, 6) is 0. The Morgan fingerprint density at radius 3 is 2.78 bits per heavy atom. The van der Waals surface area contributed by atoms with Crippen LogP contribution in [0.4, 0.5) is 5.69 Å². The van der Waals surface area contributed by atoms with Gasteiger partial charge in [-0.3, -0.25) is 9.97 Å². The number of anilines is 1. The molecule has 0 spiro atoms. The summed E-state index contributed by atoms with van der Waals surface area (Å²) < 4.78 is 0. The van der Waals surface area contributed by atoms with E-state index in [0.717, 1.165) is 27.8 Å². The van der Waals surface area contributed by atoms with Crippen LogP contribution in [0.25, 0.3) is 22.2 Å². The minimum Gasteiger partial charge on any atom is -0.388 e. The average Bonchev–Trinajstić information content (AvgIpc) is 2.47. The minimum absolute atomic E-state index is 0.953. The highest BCUT2D eigenvalue weighted by Gasteiger charge is 2.02. The molecular weight excluding hydrogens is 222 g/mol. The van der Waals surface area contributed by atoms with Crippen LogP contribution in [-0.2, 0) is 0 Å². The van der Waals surface area contributed by atoms with E-state index < -0.39 is 0 Å². The van der Waals surface area contributed by atoms with Crippen LogP contribution in [0.2, 0.25) is 0 Å². The van der Waals surface area contributed by atoms with E-state index in [-0.39, 0.29) is 0 Å². The van der Waals surface area contributed by atoms with Crippen molar-refractivity contribution in [1.82, 2.24) is 9.97 Å². The molecule has 0 aliphatic heterocycles. The molecule has 0 unspecified atom stereocenters. The van der Waals surface area contributed by atoms with Crippen LogP contribution in [-0.4, -0.2) is 17.0 Å². The Kier molecular flexibility index (Phi) is 2.65. The first-order chi connectivity index (χ1) is 8.86. The second-order valence-corrected chi connectivity index (χ2v) is 4.09. The molecule has 0 bridgehead atoms. The lowest BCUT2D eigenvalue weighted by Crippen LogP contribution is -1.90. The highest BCUT2D eigenvalue weighted by Crippen LogP contribution is 2.23. The molecular formula is C15H13N3. The van der Waals surface area contributed by atoms with Crippen LogP contribution in [0.3, 0.4) is 0 Å². The van der Waals surface area contributed by atoms with E-state index in [1.165, 1.54) is 0 Å². The number of hydrogen-bond acceptors (Lipinski definition) is 3. The fraction of sp³-hybridized carbons (Fsp3) is 0.0667. The van der Waals surface area contributed by atoms with E-state index in [1.54, 1.807) is 0 Å². The second kappa shape index (κ2) is 4.45. The maximum Gasteiger partial charge on any atom is 0.0723 e. The Balaban J connectivity index is 2.13. The number of fused-ring (bicyclic) bond motifs is 1. The lowest BCUT2D eigenvalue weighted by molar-refractivity contribution is 1.31. The molecule has 1 aromatic carbocycles. The van der Waals surface area contributed by atoms with Gasteiger partial charge in [0.2, 0.25) is 0 Å². The predicted octanol–water partition coefficient (Wildman–Crippen LogP) is 3.34. The van der Waals surface area contributed by atoms with Gasteiger partial charge in [-0.25, -0.2) is 0 Å².